The van der Waals surface area contributed by atoms with Gasteiger partial charge in [-0.2, -0.15) is 0 Å². The van der Waals surface area contributed by atoms with E-state index in [9.17, 15) is 22.0 Å². The zero-order chi connectivity index (χ0) is 21.0. The molecule has 0 aromatic heterocycles. The van der Waals surface area contributed by atoms with Crippen molar-refractivity contribution in [3.05, 3.63) is 83.4 Å². The first kappa shape index (κ1) is 20.8. The van der Waals surface area contributed by atoms with Crippen LogP contribution in [-0.4, -0.2) is 20.9 Å². The maximum Gasteiger partial charge on any atom is 0.243 e. The first-order valence-corrected chi connectivity index (χ1v) is 10.2. The minimum Gasteiger partial charge on any atom is -0.375 e. The highest BCUT2D eigenvalue weighted by Gasteiger charge is 2.22. The second-order valence-electron chi connectivity index (χ2n) is 5.99. The van der Waals surface area contributed by atoms with Crippen LogP contribution in [0, 0.1) is 11.6 Å². The SMILES string of the molecule is O=C(CNc1ccc(Cl)cc1S(=O)(=O)c1ccccc1)Nc1ccc(F)c(F)c1. The van der Waals surface area contributed by atoms with Crippen LogP contribution in [0.4, 0.5) is 20.2 Å². The third kappa shape index (κ3) is 4.90. The Morgan fingerprint density at radius 3 is 2.34 bits per heavy atom. The van der Waals surface area contributed by atoms with Crippen LogP contribution in [0.2, 0.25) is 5.02 Å². The maximum atomic E-state index is 13.2. The first-order valence-electron chi connectivity index (χ1n) is 8.36. The lowest BCUT2D eigenvalue weighted by Gasteiger charge is -2.13. The summed E-state index contributed by atoms with van der Waals surface area (Å²) in [6.07, 6.45) is 0. The molecular formula is C20H15ClF2N2O3S. The third-order valence-corrected chi connectivity index (χ3v) is 5.97. The molecule has 0 aliphatic heterocycles. The molecule has 3 rings (SSSR count). The molecule has 0 unspecified atom stereocenters. The van der Waals surface area contributed by atoms with Crippen molar-refractivity contribution in [3.8, 4) is 0 Å². The average Bonchev–Trinajstić information content (AvgIpc) is 2.70. The predicted octanol–water partition coefficient (Wildman–Crippen LogP) is 4.50. The number of amides is 1. The van der Waals surface area contributed by atoms with E-state index in [1.54, 1.807) is 18.2 Å². The van der Waals surface area contributed by atoms with Crippen LogP contribution >= 0.6 is 11.6 Å². The zero-order valence-electron chi connectivity index (χ0n) is 14.8. The molecule has 1 amide bonds. The molecule has 0 bridgehead atoms. The van der Waals surface area contributed by atoms with Gasteiger partial charge in [-0.25, -0.2) is 17.2 Å². The van der Waals surface area contributed by atoms with Crippen molar-refractivity contribution < 1.29 is 22.0 Å². The van der Waals surface area contributed by atoms with E-state index < -0.39 is 27.4 Å². The molecule has 150 valence electrons. The normalized spacial score (nSPS) is 11.1. The highest BCUT2D eigenvalue weighted by Crippen LogP contribution is 2.30. The topological polar surface area (TPSA) is 75.3 Å². The number of sulfone groups is 1. The summed E-state index contributed by atoms with van der Waals surface area (Å²) < 4.78 is 52.1. The standard InChI is InChI=1S/C20H15ClF2N2O3S/c21-13-6-9-18(19(10-13)29(27,28)15-4-2-1-3-5-15)24-12-20(26)25-14-7-8-16(22)17(23)11-14/h1-11,24H,12H2,(H,25,26). The van der Waals surface area contributed by atoms with Gasteiger partial charge < -0.3 is 10.6 Å². The fourth-order valence-electron chi connectivity index (χ4n) is 2.55. The van der Waals surface area contributed by atoms with Crippen molar-refractivity contribution in [1.82, 2.24) is 0 Å². The maximum absolute atomic E-state index is 13.2. The number of carbonyl (C=O) groups is 1. The smallest absolute Gasteiger partial charge is 0.243 e. The molecule has 0 saturated heterocycles. The molecule has 5 nitrogen and oxygen atoms in total. The molecule has 0 atom stereocenters. The lowest BCUT2D eigenvalue weighted by Crippen LogP contribution is -2.22. The molecule has 0 fully saturated rings. The predicted molar refractivity (Wildman–Crippen MR) is 107 cm³/mol. The van der Waals surface area contributed by atoms with Crippen LogP contribution in [0.3, 0.4) is 0 Å². The van der Waals surface area contributed by atoms with Crippen molar-refractivity contribution in [2.75, 3.05) is 17.2 Å². The molecule has 3 aromatic carbocycles. The van der Waals surface area contributed by atoms with Gasteiger partial charge in [-0.05, 0) is 42.5 Å². The summed E-state index contributed by atoms with van der Waals surface area (Å²) in [6, 6.07) is 15.0. The van der Waals surface area contributed by atoms with Gasteiger partial charge in [0.1, 0.15) is 0 Å². The van der Waals surface area contributed by atoms with Gasteiger partial charge in [0, 0.05) is 16.8 Å². The Morgan fingerprint density at radius 1 is 0.931 bits per heavy atom. The van der Waals surface area contributed by atoms with Gasteiger partial charge in [-0.1, -0.05) is 29.8 Å². The Kier molecular flexibility index (Phi) is 6.14. The van der Waals surface area contributed by atoms with Gasteiger partial charge in [-0.3, -0.25) is 4.79 Å². The van der Waals surface area contributed by atoms with E-state index in [0.717, 1.165) is 12.1 Å². The van der Waals surface area contributed by atoms with Gasteiger partial charge in [0.25, 0.3) is 0 Å². The summed E-state index contributed by atoms with van der Waals surface area (Å²) in [4.78, 5) is 12.1. The van der Waals surface area contributed by atoms with Crippen LogP contribution in [0.15, 0.2) is 76.5 Å². The van der Waals surface area contributed by atoms with Gasteiger partial charge in [-0.15, -0.1) is 0 Å². The minimum absolute atomic E-state index is 0.0731. The van der Waals surface area contributed by atoms with Crippen LogP contribution in [0.25, 0.3) is 0 Å². The van der Waals surface area contributed by atoms with E-state index in [0.29, 0.717) is 0 Å². The van der Waals surface area contributed by atoms with Crippen molar-refractivity contribution >= 4 is 38.7 Å². The summed E-state index contributed by atoms with van der Waals surface area (Å²) in [7, 11) is -3.88. The largest absolute Gasteiger partial charge is 0.375 e. The van der Waals surface area contributed by atoms with Crippen LogP contribution in [-0.2, 0) is 14.6 Å². The lowest BCUT2D eigenvalue weighted by molar-refractivity contribution is -0.114. The number of rotatable bonds is 6. The van der Waals surface area contributed by atoms with Crippen molar-refractivity contribution in [1.29, 1.82) is 0 Å². The van der Waals surface area contributed by atoms with E-state index in [-0.39, 0.29) is 32.7 Å². The van der Waals surface area contributed by atoms with Gasteiger partial charge >= 0.3 is 0 Å². The van der Waals surface area contributed by atoms with Gasteiger partial charge in [0.05, 0.1) is 22.0 Å². The molecule has 0 heterocycles. The number of benzene rings is 3. The Morgan fingerprint density at radius 2 is 1.66 bits per heavy atom. The fourth-order valence-corrected chi connectivity index (χ4v) is 4.26. The number of nitrogens with one attached hydrogen (secondary N) is 2. The molecule has 0 saturated carbocycles. The van der Waals surface area contributed by atoms with E-state index in [1.807, 2.05) is 0 Å². The van der Waals surface area contributed by atoms with E-state index in [1.165, 1.54) is 36.4 Å². The van der Waals surface area contributed by atoms with E-state index in [4.69, 9.17) is 11.6 Å². The zero-order valence-corrected chi connectivity index (χ0v) is 16.4. The summed E-state index contributed by atoms with van der Waals surface area (Å²) in [6.45, 7) is -0.308. The quantitative estimate of drug-likeness (QED) is 0.596. The summed E-state index contributed by atoms with van der Waals surface area (Å²) in [5.74, 6) is -2.70. The number of hydrogen-bond donors (Lipinski definition) is 2. The molecule has 0 radical (unpaired) electrons. The summed E-state index contributed by atoms with van der Waals surface area (Å²) in [5, 5.41) is 5.36. The van der Waals surface area contributed by atoms with Crippen LogP contribution < -0.4 is 10.6 Å². The van der Waals surface area contributed by atoms with Crippen molar-refractivity contribution in [3.63, 3.8) is 0 Å². The molecular weight excluding hydrogens is 422 g/mol. The summed E-state index contributed by atoms with van der Waals surface area (Å²) in [5.41, 5.74) is 0.252. The highest BCUT2D eigenvalue weighted by atomic mass is 35.5. The molecule has 0 spiro atoms. The first-order chi connectivity index (χ1) is 13.8. The van der Waals surface area contributed by atoms with E-state index >= 15 is 0 Å². The molecule has 0 aliphatic rings. The monoisotopic (exact) mass is 436 g/mol. The summed E-state index contributed by atoms with van der Waals surface area (Å²) >= 11 is 5.97. The second kappa shape index (κ2) is 8.59. The molecule has 2 N–H and O–H groups in total. The van der Waals surface area contributed by atoms with Gasteiger partial charge in [0.2, 0.25) is 15.7 Å². The molecule has 3 aromatic rings. The van der Waals surface area contributed by atoms with Crippen molar-refractivity contribution in [2.24, 2.45) is 0 Å². The Hall–Kier alpha value is -2.97. The lowest BCUT2D eigenvalue weighted by atomic mass is 10.3. The number of anilines is 2. The van der Waals surface area contributed by atoms with Crippen LogP contribution in [0.1, 0.15) is 0 Å². The van der Waals surface area contributed by atoms with E-state index in [2.05, 4.69) is 10.6 Å². The number of hydrogen-bond acceptors (Lipinski definition) is 4. The second-order valence-corrected chi connectivity index (χ2v) is 8.34. The van der Waals surface area contributed by atoms with Crippen LogP contribution in [0.5, 0.6) is 0 Å². The minimum atomic E-state index is -3.88. The Bertz CT molecular complexity index is 1160. The average molecular weight is 437 g/mol. The molecule has 29 heavy (non-hydrogen) atoms. The van der Waals surface area contributed by atoms with Crippen molar-refractivity contribution in [2.45, 2.75) is 9.79 Å². The highest BCUT2D eigenvalue weighted by molar-refractivity contribution is 7.91. The third-order valence-electron chi connectivity index (χ3n) is 3.93. The number of carbonyl (C=O) groups excluding carboxylic acids is 1. The Balaban J connectivity index is 1.79. The number of halogens is 3. The molecule has 9 heteroatoms. The molecule has 0 aliphatic carbocycles. The fraction of sp³-hybridized carbons (Fsp3) is 0.0500. The van der Waals surface area contributed by atoms with Gasteiger partial charge in [0.15, 0.2) is 11.6 Å². The Labute approximate surface area is 171 Å².